The summed E-state index contributed by atoms with van der Waals surface area (Å²) in [6.07, 6.45) is 68.8. The molecule has 8 heteroatoms. The van der Waals surface area contributed by atoms with Gasteiger partial charge in [0.2, 0.25) is 0 Å². The molecule has 2 nitrogen and oxygen atoms in total. The minimum Gasteiger partial charge on any atom is -0.412 e. The fourth-order valence-corrected chi connectivity index (χ4v) is 7.98. The van der Waals surface area contributed by atoms with Crippen LogP contribution in [0, 0.1) is 0 Å². The van der Waals surface area contributed by atoms with E-state index < -0.39 is 0 Å². The number of thiocarbonyl (C=S) groups is 2. The van der Waals surface area contributed by atoms with Crippen molar-refractivity contribution in [2.75, 3.05) is 13.1 Å². The van der Waals surface area contributed by atoms with Crippen molar-refractivity contribution >= 4 is 58.3 Å². The van der Waals surface area contributed by atoms with E-state index in [4.69, 9.17) is 0 Å². The Kier molecular flexibility index (Phi) is 137. The predicted octanol–water partition coefficient (Wildman–Crippen LogP) is 18.7. The topological polar surface area (TPSA) is 24.1 Å². The Bertz CT molecular complexity index is 620. The largest absolute Gasteiger partial charge is 1.00 e. The Hall–Kier alpha value is 2.22. The second kappa shape index (κ2) is 105. The third-order valence-corrected chi connectivity index (χ3v) is 13.0. The van der Waals surface area contributed by atoms with Crippen LogP contribution in [0.5, 0.6) is 0 Å². The summed E-state index contributed by atoms with van der Waals surface area (Å²) >= 11 is 18.4. The Morgan fingerprint density at radius 1 is 0.208 bits per heavy atom. The third-order valence-electron chi connectivity index (χ3n) is 12.4. The van der Waals surface area contributed by atoms with E-state index in [1.807, 2.05) is 0 Å². The molecule has 0 aliphatic rings. The van der Waals surface area contributed by atoms with Crippen molar-refractivity contribution in [3.05, 3.63) is 0 Å². The van der Waals surface area contributed by atoms with Crippen molar-refractivity contribution in [2.45, 2.75) is 391 Å². The molecule has 0 spiro atoms. The SMILES string of the molecule is CCCCCCCCCC.CCCCCCCCCC.CCCCCCCCCC.CCCCCCCCCC.CCCCCCCCCC.CCCCCCCCCC.S=C([S-])NCCNC(=S)[S-].[Na+].[Na+]. The molecule has 0 bridgehead atoms. The molecule has 0 rings (SSSR count). The monoisotopic (exact) mass is 1110 g/mol. The van der Waals surface area contributed by atoms with Crippen LogP contribution in [0.1, 0.15) is 391 Å². The van der Waals surface area contributed by atoms with Crippen LogP contribution < -0.4 is 69.7 Å². The van der Waals surface area contributed by atoms with Gasteiger partial charge < -0.3 is 60.3 Å². The first-order valence-electron chi connectivity index (χ1n) is 32.0. The summed E-state index contributed by atoms with van der Waals surface area (Å²) in [6, 6.07) is 0. The molecule has 0 aliphatic heterocycles. The molecular formula is C64H138N2Na2S4. The zero-order valence-corrected chi connectivity index (χ0v) is 60.3. The number of nitrogens with one attached hydrogen (secondary N) is 2. The molecular weight excluding hydrogens is 971 g/mol. The number of hydrogen-bond acceptors (Lipinski definition) is 4. The van der Waals surface area contributed by atoms with E-state index in [1.54, 1.807) is 0 Å². The van der Waals surface area contributed by atoms with E-state index in [1.165, 1.54) is 308 Å². The van der Waals surface area contributed by atoms with E-state index in [2.05, 4.69) is 143 Å². The van der Waals surface area contributed by atoms with Gasteiger partial charge in [0.1, 0.15) is 0 Å². The Morgan fingerprint density at radius 2 is 0.292 bits per heavy atom. The van der Waals surface area contributed by atoms with Crippen molar-refractivity contribution in [2.24, 2.45) is 0 Å². The molecule has 430 valence electrons. The zero-order chi connectivity index (χ0) is 53.9. The molecule has 0 unspecified atom stereocenters. The Balaban J connectivity index is -0.0000000915. The predicted molar refractivity (Wildman–Crippen MR) is 346 cm³/mol. The number of unbranched alkanes of at least 4 members (excludes halogenated alkanes) is 42. The normalized spacial score (nSPS) is 9.67. The third kappa shape index (κ3) is 140. The van der Waals surface area contributed by atoms with Crippen molar-refractivity contribution in [3.8, 4) is 0 Å². The van der Waals surface area contributed by atoms with Crippen LogP contribution in [0.3, 0.4) is 0 Å². The molecule has 0 aromatic heterocycles. The second-order valence-corrected chi connectivity index (χ2v) is 22.3. The van der Waals surface area contributed by atoms with Gasteiger partial charge in [0, 0.05) is 13.1 Å². The van der Waals surface area contributed by atoms with Crippen LogP contribution in [0.15, 0.2) is 0 Å². The van der Waals surface area contributed by atoms with Gasteiger partial charge in [-0.25, -0.2) is 0 Å². The summed E-state index contributed by atoms with van der Waals surface area (Å²) in [5.74, 6) is 0. The molecule has 0 fully saturated rings. The summed E-state index contributed by atoms with van der Waals surface area (Å²) in [4.78, 5) is 0. The fraction of sp³-hybridized carbons (Fsp3) is 0.969. The minimum atomic E-state index is 0. The van der Waals surface area contributed by atoms with Crippen molar-refractivity contribution in [1.82, 2.24) is 10.6 Å². The van der Waals surface area contributed by atoms with Gasteiger partial charge in [0.05, 0.1) is 0 Å². The number of hydrogen-bond donors (Lipinski definition) is 2. The summed E-state index contributed by atoms with van der Waals surface area (Å²) in [7, 11) is 0. The maximum atomic E-state index is 4.59. The first kappa shape index (κ1) is 93.5. The first-order valence-corrected chi connectivity index (χ1v) is 33.6. The average molecular weight is 1110 g/mol. The maximum absolute atomic E-state index is 4.59. The quantitative estimate of drug-likeness (QED) is 0.0273. The van der Waals surface area contributed by atoms with Crippen LogP contribution >= 0.6 is 24.4 Å². The second-order valence-electron chi connectivity index (χ2n) is 20.2. The summed E-state index contributed by atoms with van der Waals surface area (Å²) in [5, 5.41) is 5.56. The molecule has 0 aliphatic carbocycles. The van der Waals surface area contributed by atoms with Gasteiger partial charge in [-0.05, 0) is 0 Å². The molecule has 0 radical (unpaired) electrons. The summed E-state index contributed by atoms with van der Waals surface area (Å²) < 4.78 is 0.745. The van der Waals surface area contributed by atoms with Gasteiger partial charge >= 0.3 is 59.1 Å². The van der Waals surface area contributed by atoms with Crippen LogP contribution in [0.4, 0.5) is 0 Å². The van der Waals surface area contributed by atoms with E-state index in [0.29, 0.717) is 21.7 Å². The molecule has 0 atom stereocenters. The Labute approximate surface area is 527 Å². The summed E-state index contributed by atoms with van der Waals surface area (Å²) in [6.45, 7) is 28.6. The minimum absolute atomic E-state index is 0. The smallest absolute Gasteiger partial charge is 0.412 e. The fourth-order valence-electron chi connectivity index (χ4n) is 7.57. The zero-order valence-electron chi connectivity index (χ0n) is 53.0. The van der Waals surface area contributed by atoms with Gasteiger partial charge in [-0.15, -0.1) is 0 Å². The molecule has 0 aromatic rings. The van der Waals surface area contributed by atoms with Gasteiger partial charge in [0.25, 0.3) is 0 Å². The maximum Gasteiger partial charge on any atom is 1.00 e. The molecule has 72 heavy (non-hydrogen) atoms. The molecule has 0 amide bonds. The van der Waals surface area contributed by atoms with Crippen LogP contribution in [0.2, 0.25) is 0 Å². The van der Waals surface area contributed by atoms with Gasteiger partial charge in [-0.3, -0.25) is 0 Å². The van der Waals surface area contributed by atoms with E-state index in [9.17, 15) is 0 Å². The molecule has 0 aromatic carbocycles. The van der Waals surface area contributed by atoms with Crippen LogP contribution in [-0.2, 0) is 25.3 Å². The molecule has 0 saturated carbocycles. The summed E-state index contributed by atoms with van der Waals surface area (Å²) in [5.41, 5.74) is 0. The van der Waals surface area contributed by atoms with Crippen LogP contribution in [0.25, 0.3) is 0 Å². The van der Waals surface area contributed by atoms with Crippen molar-refractivity contribution in [1.29, 1.82) is 0 Å². The number of rotatable bonds is 45. The molecule has 2 N–H and O–H groups in total. The average Bonchev–Trinajstić information content (AvgIpc) is 3.36. The standard InChI is InChI=1S/6C10H22.C4H8N2S4.2Na/c6*1-3-5-7-9-10-8-6-4-2;7-3(8)5-1-2-6-4(9)10;;/h6*3-10H2,1-2H3;1-2H2,(H2,5,7,8)(H2,6,9,10);;/q;;;;;;;2*+1/p-2. The van der Waals surface area contributed by atoms with Crippen molar-refractivity contribution in [3.63, 3.8) is 0 Å². The van der Waals surface area contributed by atoms with Crippen LogP contribution in [-0.4, -0.2) is 21.7 Å². The van der Waals surface area contributed by atoms with Gasteiger partial charge in [0.15, 0.2) is 0 Å². The Morgan fingerprint density at radius 3 is 0.361 bits per heavy atom. The van der Waals surface area contributed by atoms with Gasteiger partial charge in [-0.1, -0.05) is 400 Å². The van der Waals surface area contributed by atoms with Gasteiger partial charge in [-0.2, -0.15) is 0 Å². The van der Waals surface area contributed by atoms with E-state index >= 15 is 0 Å². The first-order chi connectivity index (χ1) is 34.1. The van der Waals surface area contributed by atoms with E-state index in [0.717, 1.165) is 0 Å². The molecule has 0 heterocycles. The van der Waals surface area contributed by atoms with E-state index in [-0.39, 0.29) is 59.1 Å². The van der Waals surface area contributed by atoms with Crippen molar-refractivity contribution < 1.29 is 59.1 Å². The molecule has 0 saturated heterocycles.